The summed E-state index contributed by atoms with van der Waals surface area (Å²) in [5.74, 6) is -0.0385. The first kappa shape index (κ1) is 22.0. The molecule has 1 unspecified atom stereocenters. The van der Waals surface area contributed by atoms with E-state index in [-0.39, 0.29) is 18.4 Å². The van der Waals surface area contributed by atoms with E-state index in [4.69, 9.17) is 16.3 Å². The molecule has 162 valence electrons. The predicted octanol–water partition coefficient (Wildman–Crippen LogP) is 4.54. The first-order valence-corrected chi connectivity index (χ1v) is 11.7. The quantitative estimate of drug-likeness (QED) is 0.568. The number of ether oxygens (including phenoxy) is 1. The van der Waals surface area contributed by atoms with Crippen molar-refractivity contribution < 1.29 is 9.53 Å². The molecule has 1 atom stereocenters. The van der Waals surface area contributed by atoms with Crippen molar-refractivity contribution in [3.8, 4) is 10.6 Å². The van der Waals surface area contributed by atoms with Gasteiger partial charge in [-0.3, -0.25) is 9.69 Å². The molecule has 0 bridgehead atoms. The summed E-state index contributed by atoms with van der Waals surface area (Å²) in [6, 6.07) is 16.0. The summed E-state index contributed by atoms with van der Waals surface area (Å²) in [7, 11) is 0. The van der Waals surface area contributed by atoms with Crippen molar-refractivity contribution in [2.45, 2.75) is 32.5 Å². The van der Waals surface area contributed by atoms with Gasteiger partial charge in [-0.05, 0) is 24.1 Å². The Kier molecular flexibility index (Phi) is 7.35. The van der Waals surface area contributed by atoms with Crippen LogP contribution in [-0.2, 0) is 29.0 Å². The largest absolute Gasteiger partial charge is 0.376 e. The van der Waals surface area contributed by atoms with Crippen LogP contribution in [0.15, 0.2) is 53.9 Å². The second-order valence-electron chi connectivity index (χ2n) is 7.81. The summed E-state index contributed by atoms with van der Waals surface area (Å²) >= 11 is 7.75. The smallest absolute Gasteiger partial charge is 0.226 e. The minimum atomic E-state index is -0.0385. The second kappa shape index (κ2) is 10.4. The van der Waals surface area contributed by atoms with Gasteiger partial charge in [0.2, 0.25) is 5.91 Å². The highest BCUT2D eigenvalue weighted by molar-refractivity contribution is 7.13. The van der Waals surface area contributed by atoms with Crippen LogP contribution in [-0.4, -0.2) is 41.6 Å². The number of rotatable bonds is 7. The molecule has 0 saturated carbocycles. The van der Waals surface area contributed by atoms with Gasteiger partial charge in [0.05, 0.1) is 29.8 Å². The molecular weight excluding hydrogens is 430 g/mol. The average Bonchev–Trinajstić information content (AvgIpc) is 3.21. The van der Waals surface area contributed by atoms with Crippen LogP contribution >= 0.6 is 22.9 Å². The number of thiazole rings is 1. The molecule has 2 aromatic carbocycles. The van der Waals surface area contributed by atoms with Crippen molar-refractivity contribution in [1.29, 1.82) is 0 Å². The van der Waals surface area contributed by atoms with E-state index < -0.39 is 0 Å². The van der Waals surface area contributed by atoms with E-state index in [0.717, 1.165) is 48.1 Å². The van der Waals surface area contributed by atoms with Crippen molar-refractivity contribution in [1.82, 2.24) is 15.2 Å². The normalized spacial score (nSPS) is 16.9. The number of benzene rings is 2. The first-order valence-electron chi connectivity index (χ1n) is 10.4. The van der Waals surface area contributed by atoms with Gasteiger partial charge in [-0.1, -0.05) is 54.1 Å². The number of morpholine rings is 1. The number of carbonyl (C=O) groups is 1. The molecule has 5 nitrogen and oxygen atoms in total. The third-order valence-electron chi connectivity index (χ3n) is 5.21. The van der Waals surface area contributed by atoms with Crippen LogP contribution in [0, 0.1) is 0 Å². The number of aromatic nitrogens is 1. The lowest BCUT2D eigenvalue weighted by Crippen LogP contribution is -2.40. The van der Waals surface area contributed by atoms with E-state index in [2.05, 4.69) is 40.3 Å². The molecule has 1 fully saturated rings. The van der Waals surface area contributed by atoms with Crippen molar-refractivity contribution >= 4 is 28.8 Å². The average molecular weight is 456 g/mol. The van der Waals surface area contributed by atoms with Gasteiger partial charge in [0.25, 0.3) is 0 Å². The number of halogens is 1. The zero-order valence-corrected chi connectivity index (χ0v) is 19.1. The van der Waals surface area contributed by atoms with Crippen LogP contribution < -0.4 is 5.32 Å². The number of amides is 1. The Bertz CT molecular complexity index is 1040. The Morgan fingerprint density at radius 3 is 2.94 bits per heavy atom. The third kappa shape index (κ3) is 6.14. The van der Waals surface area contributed by atoms with Crippen LogP contribution in [0.4, 0.5) is 0 Å². The molecule has 1 amide bonds. The molecule has 0 aliphatic carbocycles. The first-order chi connectivity index (χ1) is 15.1. The van der Waals surface area contributed by atoms with Gasteiger partial charge < -0.3 is 10.1 Å². The van der Waals surface area contributed by atoms with Gasteiger partial charge in [-0.25, -0.2) is 4.98 Å². The van der Waals surface area contributed by atoms with Crippen LogP contribution in [0.2, 0.25) is 5.02 Å². The van der Waals surface area contributed by atoms with E-state index in [1.165, 1.54) is 16.9 Å². The maximum atomic E-state index is 12.4. The molecule has 0 radical (unpaired) electrons. The maximum Gasteiger partial charge on any atom is 0.226 e. The number of hydrogen-bond donors (Lipinski definition) is 1. The Labute approximate surface area is 192 Å². The lowest BCUT2D eigenvalue weighted by atomic mass is 10.1. The zero-order chi connectivity index (χ0) is 21.6. The topological polar surface area (TPSA) is 54.5 Å². The van der Waals surface area contributed by atoms with Crippen LogP contribution in [0.3, 0.4) is 0 Å². The van der Waals surface area contributed by atoms with Gasteiger partial charge in [0, 0.05) is 37.1 Å². The van der Waals surface area contributed by atoms with Gasteiger partial charge in [-0.2, -0.15) is 0 Å². The Hall–Kier alpha value is -2.25. The molecule has 31 heavy (non-hydrogen) atoms. The standard InChI is InChI=1S/C24H26ClN3O2S/c1-17-14-28(9-10-30-17)15-19-6-4-5-18(11-19)13-26-23(29)12-20-16-31-24(27-20)21-7-2-3-8-22(21)25/h2-8,11,16-17H,9-10,12-15H2,1H3,(H,26,29). The van der Waals surface area contributed by atoms with Crippen LogP contribution in [0.5, 0.6) is 0 Å². The number of hydrogen-bond acceptors (Lipinski definition) is 5. The highest BCUT2D eigenvalue weighted by Gasteiger charge is 2.16. The molecule has 0 spiro atoms. The van der Waals surface area contributed by atoms with Crippen molar-refractivity contribution in [2.75, 3.05) is 19.7 Å². The number of nitrogens with one attached hydrogen (secondary N) is 1. The summed E-state index contributed by atoms with van der Waals surface area (Å²) in [4.78, 5) is 19.4. The highest BCUT2D eigenvalue weighted by atomic mass is 35.5. The summed E-state index contributed by atoms with van der Waals surface area (Å²) < 4.78 is 5.62. The molecule has 7 heteroatoms. The van der Waals surface area contributed by atoms with Gasteiger partial charge in [0.1, 0.15) is 5.01 Å². The van der Waals surface area contributed by atoms with E-state index >= 15 is 0 Å². The fraction of sp³-hybridized carbons (Fsp3) is 0.333. The fourth-order valence-electron chi connectivity index (χ4n) is 3.70. The van der Waals surface area contributed by atoms with Crippen molar-refractivity contribution in [2.24, 2.45) is 0 Å². The summed E-state index contributed by atoms with van der Waals surface area (Å²) in [6.07, 6.45) is 0.534. The van der Waals surface area contributed by atoms with Crippen LogP contribution in [0.25, 0.3) is 10.6 Å². The molecule has 4 rings (SSSR count). The molecule has 2 heterocycles. The Morgan fingerprint density at radius 2 is 2.10 bits per heavy atom. The van der Waals surface area contributed by atoms with E-state index in [1.807, 2.05) is 35.7 Å². The van der Waals surface area contributed by atoms with Gasteiger partial charge in [-0.15, -0.1) is 11.3 Å². The van der Waals surface area contributed by atoms with E-state index in [1.54, 1.807) is 0 Å². The molecule has 1 saturated heterocycles. The monoisotopic (exact) mass is 455 g/mol. The van der Waals surface area contributed by atoms with Crippen molar-refractivity contribution in [3.05, 3.63) is 75.8 Å². The lowest BCUT2D eigenvalue weighted by molar-refractivity contribution is -0.120. The molecule has 1 aromatic heterocycles. The minimum absolute atomic E-state index is 0.0385. The Morgan fingerprint density at radius 1 is 1.26 bits per heavy atom. The summed E-state index contributed by atoms with van der Waals surface area (Å²) in [5, 5.41) is 6.43. The third-order valence-corrected chi connectivity index (χ3v) is 6.46. The molecular formula is C24H26ClN3O2S. The van der Waals surface area contributed by atoms with Crippen molar-refractivity contribution in [3.63, 3.8) is 0 Å². The highest BCUT2D eigenvalue weighted by Crippen LogP contribution is 2.30. The van der Waals surface area contributed by atoms with Gasteiger partial charge in [0.15, 0.2) is 0 Å². The molecule has 1 aliphatic heterocycles. The number of carbonyl (C=O) groups excluding carboxylic acids is 1. The molecule has 3 aromatic rings. The lowest BCUT2D eigenvalue weighted by Gasteiger charge is -2.31. The summed E-state index contributed by atoms with van der Waals surface area (Å²) in [6.45, 7) is 6.20. The number of nitrogens with zero attached hydrogens (tertiary/aromatic N) is 2. The zero-order valence-electron chi connectivity index (χ0n) is 17.5. The maximum absolute atomic E-state index is 12.4. The van der Waals surface area contributed by atoms with E-state index in [0.29, 0.717) is 11.6 Å². The minimum Gasteiger partial charge on any atom is -0.376 e. The molecule has 1 aliphatic rings. The predicted molar refractivity (Wildman–Crippen MR) is 125 cm³/mol. The Balaban J connectivity index is 1.30. The van der Waals surface area contributed by atoms with E-state index in [9.17, 15) is 4.79 Å². The SMILES string of the molecule is CC1CN(Cc2cccc(CNC(=O)Cc3csc(-c4ccccc4Cl)n3)c2)CCO1. The second-order valence-corrected chi connectivity index (χ2v) is 9.08. The molecule has 1 N–H and O–H groups in total. The van der Waals surface area contributed by atoms with Crippen LogP contribution in [0.1, 0.15) is 23.7 Å². The van der Waals surface area contributed by atoms with Gasteiger partial charge >= 0.3 is 0 Å². The fourth-order valence-corrected chi connectivity index (χ4v) is 4.84. The summed E-state index contributed by atoms with van der Waals surface area (Å²) in [5.41, 5.74) is 4.01.